The third-order valence-electron chi connectivity index (χ3n) is 12.3. The summed E-state index contributed by atoms with van der Waals surface area (Å²) in [5.74, 6) is 0.720. The summed E-state index contributed by atoms with van der Waals surface area (Å²) in [7, 11) is 0. The molecule has 9 rings (SSSR count). The Bertz CT molecular complexity index is 2400. The Labute approximate surface area is 322 Å². The average Bonchev–Trinajstić information content (AvgIpc) is 3.45. The molecule has 0 atom stereocenters. The van der Waals surface area contributed by atoms with E-state index in [0.29, 0.717) is 0 Å². The molecule has 0 aliphatic heterocycles. The van der Waals surface area contributed by atoms with Crippen molar-refractivity contribution in [3.8, 4) is 44.5 Å². The van der Waals surface area contributed by atoms with Crippen LogP contribution in [0.15, 0.2) is 158 Å². The molecule has 0 amide bonds. The van der Waals surface area contributed by atoms with Gasteiger partial charge in [-0.05, 0) is 141 Å². The monoisotopic (exact) mass is 699 g/mol. The minimum atomic E-state index is -0.0822. The third kappa shape index (κ3) is 6.16. The van der Waals surface area contributed by atoms with Gasteiger partial charge in [0.15, 0.2) is 0 Å². The van der Waals surface area contributed by atoms with Gasteiger partial charge < -0.3 is 4.90 Å². The Kier molecular flexibility index (Phi) is 8.82. The van der Waals surface area contributed by atoms with Crippen molar-refractivity contribution in [3.63, 3.8) is 0 Å². The lowest BCUT2D eigenvalue weighted by atomic mass is 9.82. The standard InChI is InChI=1S/C53H49N/c1-36-33-45(44-25-23-41(24-26-44)39-15-9-6-10-16-39)34-37(2)52(36)54(47-31-32-49-48-17-11-12-18-50(48)53(3,4)51(49)35-47)46-29-27-43(28-30-46)42-21-19-40(20-22-42)38-13-7-5-8-14-38/h5,7-8,11-14,17-35,39H,6,9-10,15-16H2,1-4H3. The van der Waals surface area contributed by atoms with Crippen LogP contribution < -0.4 is 4.90 Å². The van der Waals surface area contributed by atoms with Crippen molar-refractivity contribution in [2.24, 2.45) is 0 Å². The van der Waals surface area contributed by atoms with Crippen LogP contribution >= 0.6 is 0 Å². The normalized spacial score (nSPS) is 14.7. The van der Waals surface area contributed by atoms with Crippen LogP contribution in [-0.2, 0) is 5.41 Å². The number of nitrogens with zero attached hydrogens (tertiary/aromatic N) is 1. The van der Waals surface area contributed by atoms with Crippen LogP contribution in [-0.4, -0.2) is 0 Å². The average molecular weight is 700 g/mol. The second-order valence-electron chi connectivity index (χ2n) is 16.1. The maximum Gasteiger partial charge on any atom is 0.0520 e. The van der Waals surface area contributed by atoms with E-state index in [0.717, 1.165) is 11.6 Å². The first-order valence-corrected chi connectivity index (χ1v) is 19.9. The van der Waals surface area contributed by atoms with Gasteiger partial charge in [-0.1, -0.05) is 154 Å². The zero-order valence-electron chi connectivity index (χ0n) is 32.1. The van der Waals surface area contributed by atoms with Gasteiger partial charge in [0.2, 0.25) is 0 Å². The fraction of sp³-hybridized carbons (Fsp3) is 0.208. The second-order valence-corrected chi connectivity index (χ2v) is 16.1. The molecule has 0 saturated heterocycles. The van der Waals surface area contributed by atoms with Crippen molar-refractivity contribution in [2.75, 3.05) is 4.90 Å². The predicted octanol–water partition coefficient (Wildman–Crippen LogP) is 15.1. The molecule has 0 N–H and O–H groups in total. The summed E-state index contributed by atoms with van der Waals surface area (Å²) in [4.78, 5) is 2.49. The fourth-order valence-corrected chi connectivity index (χ4v) is 9.39. The number of anilines is 3. The van der Waals surface area contributed by atoms with Crippen molar-refractivity contribution < 1.29 is 0 Å². The smallest absolute Gasteiger partial charge is 0.0520 e. The summed E-state index contributed by atoms with van der Waals surface area (Å²) < 4.78 is 0. The molecule has 0 unspecified atom stereocenters. The molecule has 7 aromatic rings. The molecule has 1 nitrogen and oxygen atoms in total. The molecule has 1 fully saturated rings. The molecule has 7 aromatic carbocycles. The Hall–Kier alpha value is -5.66. The van der Waals surface area contributed by atoms with Gasteiger partial charge in [-0.15, -0.1) is 0 Å². The maximum absolute atomic E-state index is 2.49. The molecular weight excluding hydrogens is 651 g/mol. The summed E-state index contributed by atoms with van der Waals surface area (Å²) in [5.41, 5.74) is 20.5. The summed E-state index contributed by atoms with van der Waals surface area (Å²) in [6.45, 7) is 9.30. The zero-order chi connectivity index (χ0) is 36.8. The SMILES string of the molecule is Cc1cc(-c2ccc(C3CCCCC3)cc2)cc(C)c1N(c1ccc(-c2ccc(-c3ccccc3)cc2)cc1)c1ccc2c(c1)C(C)(C)c1ccccc1-2. The quantitative estimate of drug-likeness (QED) is 0.160. The molecule has 0 aromatic heterocycles. The Morgan fingerprint density at radius 3 is 1.59 bits per heavy atom. The van der Waals surface area contributed by atoms with E-state index in [1.54, 1.807) is 0 Å². The minimum absolute atomic E-state index is 0.0822. The lowest BCUT2D eigenvalue weighted by Crippen LogP contribution is -2.17. The molecule has 266 valence electrons. The molecule has 0 radical (unpaired) electrons. The van der Waals surface area contributed by atoms with Crippen molar-refractivity contribution in [2.45, 2.75) is 71.1 Å². The van der Waals surface area contributed by atoms with E-state index in [9.17, 15) is 0 Å². The van der Waals surface area contributed by atoms with Crippen molar-refractivity contribution >= 4 is 17.1 Å². The number of benzene rings is 7. The fourth-order valence-electron chi connectivity index (χ4n) is 9.39. The first-order valence-electron chi connectivity index (χ1n) is 19.9. The second kappa shape index (κ2) is 14.0. The van der Waals surface area contributed by atoms with Gasteiger partial charge in [0.25, 0.3) is 0 Å². The molecule has 2 aliphatic rings. The maximum atomic E-state index is 2.49. The van der Waals surface area contributed by atoms with Crippen LogP contribution in [0.25, 0.3) is 44.5 Å². The predicted molar refractivity (Wildman–Crippen MR) is 230 cm³/mol. The van der Waals surface area contributed by atoms with Crippen molar-refractivity contribution in [3.05, 3.63) is 186 Å². The van der Waals surface area contributed by atoms with E-state index in [4.69, 9.17) is 0 Å². The van der Waals surface area contributed by atoms with Gasteiger partial charge >= 0.3 is 0 Å². The highest BCUT2D eigenvalue weighted by molar-refractivity contribution is 5.88. The molecule has 0 bridgehead atoms. The number of fused-ring (bicyclic) bond motifs is 3. The first kappa shape index (κ1) is 34.1. The summed E-state index contributed by atoms with van der Waals surface area (Å²) >= 11 is 0. The molecule has 54 heavy (non-hydrogen) atoms. The Morgan fingerprint density at radius 1 is 0.444 bits per heavy atom. The molecule has 0 spiro atoms. The Balaban J connectivity index is 1.10. The van der Waals surface area contributed by atoms with Crippen LogP contribution in [0.2, 0.25) is 0 Å². The lowest BCUT2D eigenvalue weighted by Gasteiger charge is -2.31. The van der Waals surface area contributed by atoms with Crippen LogP contribution in [0, 0.1) is 13.8 Å². The van der Waals surface area contributed by atoms with Crippen LogP contribution in [0.5, 0.6) is 0 Å². The molecule has 0 heterocycles. The number of rotatable bonds is 7. The van der Waals surface area contributed by atoms with Crippen molar-refractivity contribution in [1.82, 2.24) is 0 Å². The summed E-state index contributed by atoms with van der Waals surface area (Å²) in [6.07, 6.45) is 6.77. The highest BCUT2D eigenvalue weighted by Crippen LogP contribution is 2.51. The van der Waals surface area contributed by atoms with E-state index in [1.165, 1.54) is 116 Å². The molecule has 1 heteroatoms. The van der Waals surface area contributed by atoms with E-state index in [-0.39, 0.29) is 5.41 Å². The van der Waals surface area contributed by atoms with Crippen LogP contribution in [0.4, 0.5) is 17.1 Å². The largest absolute Gasteiger partial charge is 0.310 e. The minimum Gasteiger partial charge on any atom is -0.310 e. The van der Waals surface area contributed by atoms with E-state index in [1.807, 2.05) is 0 Å². The highest BCUT2D eigenvalue weighted by Gasteiger charge is 2.36. The van der Waals surface area contributed by atoms with Crippen LogP contribution in [0.3, 0.4) is 0 Å². The summed E-state index contributed by atoms with van der Waals surface area (Å²) in [5, 5.41) is 0. The van der Waals surface area contributed by atoms with E-state index < -0.39 is 0 Å². The highest BCUT2D eigenvalue weighted by atomic mass is 15.1. The molecule has 1 saturated carbocycles. The van der Waals surface area contributed by atoms with Gasteiger partial charge in [0.05, 0.1) is 5.69 Å². The van der Waals surface area contributed by atoms with Gasteiger partial charge in [0, 0.05) is 16.8 Å². The Morgan fingerprint density at radius 2 is 0.944 bits per heavy atom. The number of aryl methyl sites for hydroxylation is 2. The van der Waals surface area contributed by atoms with Gasteiger partial charge in [0.1, 0.15) is 0 Å². The van der Waals surface area contributed by atoms with Gasteiger partial charge in [-0.3, -0.25) is 0 Å². The number of hydrogen-bond acceptors (Lipinski definition) is 1. The zero-order valence-corrected chi connectivity index (χ0v) is 32.1. The van der Waals surface area contributed by atoms with Crippen molar-refractivity contribution in [1.29, 1.82) is 0 Å². The van der Waals surface area contributed by atoms with Gasteiger partial charge in [-0.2, -0.15) is 0 Å². The topological polar surface area (TPSA) is 3.24 Å². The summed E-state index contributed by atoms with van der Waals surface area (Å²) in [6, 6.07) is 59.0. The third-order valence-corrected chi connectivity index (χ3v) is 12.3. The van der Waals surface area contributed by atoms with E-state index in [2.05, 4.69) is 190 Å². The molecular formula is C53H49N. The lowest BCUT2D eigenvalue weighted by molar-refractivity contribution is 0.443. The number of hydrogen-bond donors (Lipinski definition) is 0. The van der Waals surface area contributed by atoms with Crippen LogP contribution in [0.1, 0.15) is 79.7 Å². The van der Waals surface area contributed by atoms with E-state index >= 15 is 0 Å². The van der Waals surface area contributed by atoms with Gasteiger partial charge in [-0.25, -0.2) is 0 Å². The first-order chi connectivity index (χ1) is 26.3. The molecule has 2 aliphatic carbocycles.